The molecule has 3 amide bonds. The number of nitrogens with zero attached hydrogens (tertiary/aromatic N) is 1. The summed E-state index contributed by atoms with van der Waals surface area (Å²) >= 11 is 0. The molecule has 170 valence electrons. The summed E-state index contributed by atoms with van der Waals surface area (Å²) < 4.78 is 40.1. The first-order chi connectivity index (χ1) is 15.2. The van der Waals surface area contributed by atoms with Crippen LogP contribution in [0.2, 0.25) is 0 Å². The summed E-state index contributed by atoms with van der Waals surface area (Å²) in [5, 5.41) is 5.36. The standard InChI is InChI=1S/C23H24F3N3O3/c1-2-4-20(30)28-18-8-6-15(7-9-18)14-27-22(32)16-11-17(23(24,25)26)13-19(12-16)29-10-3-5-21(29)31/h6-9,11-13H,2-5,10,14H2,1H3,(H,27,32)(H,28,30). The monoisotopic (exact) mass is 447 g/mol. The molecular weight excluding hydrogens is 423 g/mol. The van der Waals surface area contributed by atoms with E-state index >= 15 is 0 Å². The van der Waals surface area contributed by atoms with E-state index in [9.17, 15) is 27.6 Å². The zero-order valence-electron chi connectivity index (χ0n) is 17.6. The Morgan fingerprint density at radius 1 is 1.09 bits per heavy atom. The van der Waals surface area contributed by atoms with E-state index in [0.29, 0.717) is 30.6 Å². The van der Waals surface area contributed by atoms with Gasteiger partial charge in [-0.2, -0.15) is 13.2 Å². The number of hydrogen-bond acceptors (Lipinski definition) is 3. The summed E-state index contributed by atoms with van der Waals surface area (Å²) in [5.74, 6) is -1.03. The molecule has 1 fully saturated rings. The van der Waals surface area contributed by atoms with Crippen LogP contribution in [0.1, 0.15) is 54.1 Å². The molecule has 0 spiro atoms. The molecule has 1 aliphatic rings. The number of anilines is 2. The molecule has 0 saturated carbocycles. The number of alkyl halides is 3. The van der Waals surface area contributed by atoms with Gasteiger partial charge in [-0.3, -0.25) is 14.4 Å². The van der Waals surface area contributed by atoms with Crippen LogP contribution in [0, 0.1) is 0 Å². The van der Waals surface area contributed by atoms with Crippen molar-refractivity contribution in [2.45, 2.75) is 45.3 Å². The Balaban J connectivity index is 1.71. The van der Waals surface area contributed by atoms with Crippen molar-refractivity contribution in [2.24, 2.45) is 0 Å². The molecule has 1 aliphatic heterocycles. The van der Waals surface area contributed by atoms with E-state index in [4.69, 9.17) is 0 Å². The first-order valence-electron chi connectivity index (χ1n) is 10.4. The van der Waals surface area contributed by atoms with Crippen LogP contribution < -0.4 is 15.5 Å². The molecule has 0 atom stereocenters. The number of carbonyl (C=O) groups is 3. The summed E-state index contributed by atoms with van der Waals surface area (Å²) in [6.45, 7) is 2.32. The van der Waals surface area contributed by atoms with Gasteiger partial charge >= 0.3 is 6.18 Å². The summed E-state index contributed by atoms with van der Waals surface area (Å²) in [6, 6.07) is 9.79. The summed E-state index contributed by atoms with van der Waals surface area (Å²) in [6.07, 6.45) is -2.66. The number of halogens is 3. The van der Waals surface area contributed by atoms with Crippen molar-refractivity contribution in [3.8, 4) is 0 Å². The molecule has 0 aromatic heterocycles. The molecule has 0 unspecified atom stereocenters. The number of rotatable bonds is 7. The van der Waals surface area contributed by atoms with Gasteiger partial charge in [0.2, 0.25) is 11.8 Å². The lowest BCUT2D eigenvalue weighted by atomic mass is 10.1. The first-order valence-corrected chi connectivity index (χ1v) is 10.4. The van der Waals surface area contributed by atoms with Crippen molar-refractivity contribution < 1.29 is 27.6 Å². The van der Waals surface area contributed by atoms with E-state index in [1.165, 1.54) is 11.0 Å². The zero-order valence-corrected chi connectivity index (χ0v) is 17.6. The quantitative estimate of drug-likeness (QED) is 0.656. The Labute approximate surface area is 183 Å². The molecule has 1 heterocycles. The molecule has 1 saturated heterocycles. The highest BCUT2D eigenvalue weighted by Gasteiger charge is 2.33. The number of nitrogens with one attached hydrogen (secondary N) is 2. The molecule has 2 N–H and O–H groups in total. The molecule has 3 rings (SSSR count). The maximum Gasteiger partial charge on any atom is 0.416 e. The van der Waals surface area contributed by atoms with Gasteiger partial charge in [-0.05, 0) is 48.7 Å². The third-order valence-corrected chi connectivity index (χ3v) is 5.06. The van der Waals surface area contributed by atoms with Crippen LogP contribution in [-0.2, 0) is 22.3 Å². The normalized spacial score (nSPS) is 13.9. The predicted molar refractivity (Wildman–Crippen MR) is 114 cm³/mol. The van der Waals surface area contributed by atoms with Crippen molar-refractivity contribution >= 4 is 29.1 Å². The highest BCUT2D eigenvalue weighted by Crippen LogP contribution is 2.34. The van der Waals surface area contributed by atoms with E-state index < -0.39 is 17.6 Å². The minimum atomic E-state index is -4.65. The van der Waals surface area contributed by atoms with E-state index in [1.54, 1.807) is 24.3 Å². The highest BCUT2D eigenvalue weighted by atomic mass is 19.4. The Bertz CT molecular complexity index is 1000. The summed E-state index contributed by atoms with van der Waals surface area (Å²) in [4.78, 5) is 37.5. The van der Waals surface area contributed by atoms with Crippen LogP contribution in [-0.4, -0.2) is 24.3 Å². The molecule has 0 bridgehead atoms. The smallest absolute Gasteiger partial charge is 0.348 e. The van der Waals surface area contributed by atoms with Gasteiger partial charge in [-0.15, -0.1) is 0 Å². The Morgan fingerprint density at radius 2 is 1.81 bits per heavy atom. The van der Waals surface area contributed by atoms with Gasteiger partial charge < -0.3 is 15.5 Å². The minimum absolute atomic E-state index is 0.0691. The van der Waals surface area contributed by atoms with Crippen LogP contribution in [0.5, 0.6) is 0 Å². The number of hydrogen-bond donors (Lipinski definition) is 2. The molecule has 2 aromatic carbocycles. The molecular formula is C23H24F3N3O3. The molecule has 6 nitrogen and oxygen atoms in total. The van der Waals surface area contributed by atoms with Crippen molar-refractivity contribution in [2.75, 3.05) is 16.8 Å². The van der Waals surface area contributed by atoms with Gasteiger partial charge in [0.1, 0.15) is 0 Å². The van der Waals surface area contributed by atoms with Crippen LogP contribution >= 0.6 is 0 Å². The summed E-state index contributed by atoms with van der Waals surface area (Å²) in [7, 11) is 0. The average molecular weight is 447 g/mol. The van der Waals surface area contributed by atoms with Crippen molar-refractivity contribution in [3.63, 3.8) is 0 Å². The lowest BCUT2D eigenvalue weighted by Gasteiger charge is -2.19. The lowest BCUT2D eigenvalue weighted by molar-refractivity contribution is -0.137. The number of benzene rings is 2. The van der Waals surface area contributed by atoms with Crippen molar-refractivity contribution in [1.29, 1.82) is 0 Å². The van der Waals surface area contributed by atoms with Crippen LogP contribution in [0.4, 0.5) is 24.5 Å². The van der Waals surface area contributed by atoms with E-state index in [2.05, 4.69) is 10.6 Å². The maximum atomic E-state index is 13.4. The number of amides is 3. The predicted octanol–water partition coefficient (Wildman–Crippen LogP) is 4.50. The third-order valence-electron chi connectivity index (χ3n) is 5.06. The molecule has 9 heteroatoms. The van der Waals surface area contributed by atoms with E-state index in [1.807, 2.05) is 6.92 Å². The van der Waals surface area contributed by atoms with Crippen LogP contribution in [0.25, 0.3) is 0 Å². The Kier molecular flexibility index (Phi) is 7.17. The average Bonchev–Trinajstić information content (AvgIpc) is 3.18. The van der Waals surface area contributed by atoms with Gasteiger partial charge in [0.15, 0.2) is 0 Å². The molecule has 32 heavy (non-hydrogen) atoms. The summed E-state index contributed by atoms with van der Waals surface area (Å²) in [5.41, 5.74) is 0.259. The van der Waals surface area contributed by atoms with Crippen LogP contribution in [0.3, 0.4) is 0 Å². The molecule has 2 aromatic rings. The van der Waals surface area contributed by atoms with Crippen molar-refractivity contribution in [3.05, 3.63) is 59.2 Å². The van der Waals surface area contributed by atoms with Gasteiger partial charge in [-0.25, -0.2) is 0 Å². The van der Waals surface area contributed by atoms with Gasteiger partial charge in [0.05, 0.1) is 5.56 Å². The van der Waals surface area contributed by atoms with Crippen LogP contribution in [0.15, 0.2) is 42.5 Å². The third kappa shape index (κ3) is 5.87. The number of carbonyl (C=O) groups excluding carboxylic acids is 3. The van der Waals surface area contributed by atoms with E-state index in [-0.39, 0.29) is 36.0 Å². The van der Waals surface area contributed by atoms with Gasteiger partial charge in [-0.1, -0.05) is 19.1 Å². The Morgan fingerprint density at radius 3 is 2.41 bits per heavy atom. The zero-order chi connectivity index (χ0) is 23.3. The lowest BCUT2D eigenvalue weighted by Crippen LogP contribution is -2.27. The second-order valence-electron chi connectivity index (χ2n) is 7.59. The topological polar surface area (TPSA) is 78.5 Å². The fourth-order valence-corrected chi connectivity index (χ4v) is 3.42. The molecule has 0 radical (unpaired) electrons. The van der Waals surface area contributed by atoms with E-state index in [0.717, 1.165) is 18.6 Å². The highest BCUT2D eigenvalue weighted by molar-refractivity contribution is 5.99. The second-order valence-corrected chi connectivity index (χ2v) is 7.59. The fraction of sp³-hybridized carbons (Fsp3) is 0.348. The molecule has 0 aliphatic carbocycles. The van der Waals surface area contributed by atoms with Crippen molar-refractivity contribution in [1.82, 2.24) is 5.32 Å². The Hall–Kier alpha value is -3.36. The van der Waals surface area contributed by atoms with Gasteiger partial charge in [0, 0.05) is 42.9 Å². The maximum absolute atomic E-state index is 13.4. The van der Waals surface area contributed by atoms with Gasteiger partial charge in [0.25, 0.3) is 5.91 Å². The SMILES string of the molecule is CCCC(=O)Nc1ccc(CNC(=O)c2cc(N3CCCC3=O)cc(C(F)(F)F)c2)cc1. The fourth-order valence-electron chi connectivity index (χ4n) is 3.42. The largest absolute Gasteiger partial charge is 0.416 e. The second kappa shape index (κ2) is 9.84. The first kappa shape index (κ1) is 23.3. The minimum Gasteiger partial charge on any atom is -0.348 e.